The second kappa shape index (κ2) is 14.5. The Morgan fingerprint density at radius 1 is 1.10 bits per heavy atom. The first-order valence-electron chi connectivity index (χ1n) is 12.7. The monoisotopic (exact) mass is 559 g/mol. The van der Waals surface area contributed by atoms with Crippen molar-refractivity contribution in [3.05, 3.63) is 52.7 Å². The second-order valence-corrected chi connectivity index (χ2v) is 9.80. The van der Waals surface area contributed by atoms with Gasteiger partial charge >= 0.3 is 6.09 Å². The number of ether oxygens (including phenoxy) is 4. The largest absolute Gasteiger partial charge is 0.506 e. The third kappa shape index (κ3) is 8.10. The van der Waals surface area contributed by atoms with E-state index < -0.39 is 36.4 Å². The van der Waals surface area contributed by atoms with Crippen LogP contribution in [0.1, 0.15) is 39.7 Å². The van der Waals surface area contributed by atoms with Gasteiger partial charge in [0.2, 0.25) is 0 Å². The third-order valence-electron chi connectivity index (χ3n) is 6.77. The van der Waals surface area contributed by atoms with Crippen LogP contribution in [0.4, 0.5) is 16.2 Å². The molecule has 0 fully saturated rings. The van der Waals surface area contributed by atoms with Crippen LogP contribution in [0.5, 0.6) is 11.5 Å². The molecular weight excluding hydrogens is 518 g/mol. The van der Waals surface area contributed by atoms with Crippen LogP contribution in [0.3, 0.4) is 0 Å². The van der Waals surface area contributed by atoms with Crippen LogP contribution in [0.2, 0.25) is 0 Å². The van der Waals surface area contributed by atoms with Crippen molar-refractivity contribution in [2.24, 2.45) is 11.7 Å². The van der Waals surface area contributed by atoms with E-state index in [4.69, 9.17) is 30.4 Å². The zero-order chi connectivity index (χ0) is 30.1. The molecule has 0 aromatic heterocycles. The number of rotatable bonds is 4. The molecule has 2 rings (SSSR count). The number of allylic oxidation sites excluding steroid dienone is 2. The summed E-state index contributed by atoms with van der Waals surface area (Å²) >= 11 is 0. The average Bonchev–Trinajstić information content (AvgIpc) is 2.89. The molecule has 5 atom stereocenters. The van der Waals surface area contributed by atoms with E-state index in [1.807, 2.05) is 19.9 Å². The normalized spacial score (nSPS) is 24.9. The standard InChI is InChI=1S/C29H41N3O8/c1-15-11-19-24(30)21(33)14-20(25(19)34)32-28(35)16(2)9-8-10-22(37-5)27(40-29(31)36)18(4)13-17(3)26(39-7)23(12-15)38-6/h8-11,13-14,17,22-23,26-27,33-34H,12,30H2,1-7H3,(H2,31,36)(H,32,35)/t17-,22-,23-,26+,27-/m0/s1. The number of primary amides is 1. The molecule has 0 saturated heterocycles. The van der Waals surface area contributed by atoms with E-state index in [0.29, 0.717) is 12.0 Å². The number of nitrogens with two attached hydrogens (primary N) is 2. The molecule has 0 radical (unpaired) electrons. The minimum atomic E-state index is -0.965. The SMILES string of the molecule is CO[C@H]1[C@@H](OC)CC(C)=Cc2c(N)c(O)cc(c2O)NC(=O)C(C)=CC=C[C@H](OC)[C@@H](OC(N)=O)C(C)=C[C@@H]1C. The number of phenolic OH excluding ortho intramolecular Hbond substituents is 2. The Balaban J connectivity index is 2.73. The lowest BCUT2D eigenvalue weighted by atomic mass is 9.91. The Morgan fingerprint density at radius 3 is 2.35 bits per heavy atom. The summed E-state index contributed by atoms with van der Waals surface area (Å²) in [5, 5.41) is 24.0. The molecule has 0 unspecified atom stereocenters. The molecule has 40 heavy (non-hydrogen) atoms. The van der Waals surface area contributed by atoms with Crippen LogP contribution in [0, 0.1) is 5.92 Å². The van der Waals surface area contributed by atoms with E-state index in [9.17, 15) is 19.8 Å². The first-order chi connectivity index (χ1) is 18.8. The van der Waals surface area contributed by atoms with Crippen molar-refractivity contribution in [2.45, 2.75) is 58.5 Å². The van der Waals surface area contributed by atoms with Gasteiger partial charge in [0.15, 0.2) is 6.10 Å². The maximum Gasteiger partial charge on any atom is 0.405 e. The van der Waals surface area contributed by atoms with Gasteiger partial charge in [-0.25, -0.2) is 4.79 Å². The summed E-state index contributed by atoms with van der Waals surface area (Å²) in [6.07, 6.45) is 5.27. The molecule has 1 aromatic rings. The van der Waals surface area contributed by atoms with Crippen molar-refractivity contribution in [2.75, 3.05) is 32.4 Å². The molecule has 1 heterocycles. The molecule has 11 nitrogen and oxygen atoms in total. The quantitative estimate of drug-likeness (QED) is 0.158. The van der Waals surface area contributed by atoms with E-state index in [1.165, 1.54) is 19.3 Å². The van der Waals surface area contributed by atoms with Crippen LogP contribution in [0.25, 0.3) is 6.08 Å². The van der Waals surface area contributed by atoms with E-state index in [-0.39, 0.29) is 39.9 Å². The van der Waals surface area contributed by atoms with Gasteiger partial charge < -0.3 is 45.9 Å². The molecule has 0 saturated carbocycles. The fourth-order valence-corrected chi connectivity index (χ4v) is 4.65. The molecule has 2 amide bonds. The molecule has 2 bridgehead atoms. The summed E-state index contributed by atoms with van der Waals surface area (Å²) in [6.45, 7) is 7.14. The summed E-state index contributed by atoms with van der Waals surface area (Å²) in [5.74, 6) is -1.32. The van der Waals surface area contributed by atoms with E-state index in [1.54, 1.807) is 46.3 Å². The van der Waals surface area contributed by atoms with Gasteiger partial charge in [0, 0.05) is 44.5 Å². The maximum absolute atomic E-state index is 12.9. The van der Waals surface area contributed by atoms with Crippen LogP contribution < -0.4 is 16.8 Å². The van der Waals surface area contributed by atoms with Crippen molar-refractivity contribution in [1.82, 2.24) is 0 Å². The van der Waals surface area contributed by atoms with Crippen LogP contribution in [-0.2, 0) is 23.7 Å². The van der Waals surface area contributed by atoms with E-state index in [0.717, 1.165) is 5.57 Å². The Kier molecular flexibility index (Phi) is 11.8. The third-order valence-corrected chi connectivity index (χ3v) is 6.77. The number of benzene rings is 1. The second-order valence-electron chi connectivity index (χ2n) is 9.80. The van der Waals surface area contributed by atoms with Gasteiger partial charge in [-0.1, -0.05) is 36.8 Å². The zero-order valence-corrected chi connectivity index (χ0v) is 24.1. The zero-order valence-electron chi connectivity index (χ0n) is 24.1. The lowest BCUT2D eigenvalue weighted by molar-refractivity contribution is -0.112. The number of hydrogen-bond donors (Lipinski definition) is 5. The molecule has 1 aliphatic rings. The Morgan fingerprint density at radius 2 is 1.77 bits per heavy atom. The van der Waals surface area contributed by atoms with Crippen molar-refractivity contribution >= 4 is 29.5 Å². The fraction of sp³-hybridized carbons (Fsp3) is 0.448. The number of hydrogen-bond acceptors (Lipinski definition) is 9. The van der Waals surface area contributed by atoms with Gasteiger partial charge in [-0.05, 0) is 38.8 Å². The number of anilines is 2. The van der Waals surface area contributed by atoms with Gasteiger partial charge in [0.05, 0.1) is 23.6 Å². The Hall–Kier alpha value is -3.80. The number of amides is 2. The van der Waals surface area contributed by atoms with Gasteiger partial charge in [0.1, 0.15) is 17.6 Å². The summed E-state index contributed by atoms with van der Waals surface area (Å²) < 4.78 is 22.6. The van der Waals surface area contributed by atoms with Crippen LogP contribution in [0.15, 0.2) is 47.1 Å². The summed E-state index contributed by atoms with van der Waals surface area (Å²) in [5.41, 5.74) is 13.3. The molecule has 0 aliphatic carbocycles. The lowest BCUT2D eigenvalue weighted by Gasteiger charge is -2.30. The summed E-state index contributed by atoms with van der Waals surface area (Å²) in [7, 11) is 4.60. The number of methoxy groups -OCH3 is 3. The average molecular weight is 560 g/mol. The lowest BCUT2D eigenvalue weighted by Crippen LogP contribution is -2.37. The number of phenols is 2. The number of carbonyl (C=O) groups excluding carboxylic acids is 2. The minimum absolute atomic E-state index is 0.0124. The fourth-order valence-electron chi connectivity index (χ4n) is 4.65. The molecule has 7 N–H and O–H groups in total. The number of nitrogens with one attached hydrogen (secondary N) is 1. The highest BCUT2D eigenvalue weighted by molar-refractivity contribution is 6.05. The van der Waals surface area contributed by atoms with Crippen molar-refractivity contribution in [3.63, 3.8) is 0 Å². The van der Waals surface area contributed by atoms with Crippen LogP contribution in [-0.4, -0.2) is 68.0 Å². The van der Waals surface area contributed by atoms with Crippen molar-refractivity contribution < 1.29 is 38.7 Å². The minimum Gasteiger partial charge on any atom is -0.506 e. The predicted octanol–water partition coefficient (Wildman–Crippen LogP) is 4.02. The van der Waals surface area contributed by atoms with Crippen molar-refractivity contribution in [3.8, 4) is 11.5 Å². The van der Waals surface area contributed by atoms with Gasteiger partial charge in [-0.15, -0.1) is 0 Å². The molecule has 0 spiro atoms. The highest BCUT2D eigenvalue weighted by Crippen LogP contribution is 2.40. The molecule has 1 aliphatic heterocycles. The molecular formula is C29H41N3O8. The van der Waals surface area contributed by atoms with E-state index >= 15 is 0 Å². The highest BCUT2D eigenvalue weighted by Gasteiger charge is 2.30. The Labute approximate surface area is 235 Å². The predicted molar refractivity (Wildman–Crippen MR) is 154 cm³/mol. The molecule has 11 heteroatoms. The number of carbonyl (C=O) groups is 2. The Bertz CT molecular complexity index is 1200. The van der Waals surface area contributed by atoms with E-state index in [2.05, 4.69) is 5.32 Å². The van der Waals surface area contributed by atoms with Gasteiger partial charge in [-0.2, -0.15) is 0 Å². The van der Waals surface area contributed by atoms with Gasteiger partial charge in [0.25, 0.3) is 5.91 Å². The topological polar surface area (TPSA) is 176 Å². The molecule has 1 aromatic carbocycles. The molecule has 220 valence electrons. The summed E-state index contributed by atoms with van der Waals surface area (Å²) in [4.78, 5) is 24.6. The summed E-state index contributed by atoms with van der Waals surface area (Å²) in [6, 6.07) is 1.18. The first-order valence-corrected chi connectivity index (χ1v) is 12.7. The number of nitrogen functional groups attached to an aromatic ring is 1. The van der Waals surface area contributed by atoms with Crippen LogP contribution >= 0.6 is 0 Å². The van der Waals surface area contributed by atoms with Crippen molar-refractivity contribution in [1.29, 1.82) is 0 Å². The number of aromatic hydroxyl groups is 2. The number of fused-ring (bicyclic) bond motifs is 2. The maximum atomic E-state index is 12.9. The smallest absolute Gasteiger partial charge is 0.405 e. The van der Waals surface area contributed by atoms with Gasteiger partial charge in [-0.3, -0.25) is 4.79 Å². The highest BCUT2D eigenvalue weighted by atomic mass is 16.6. The first kappa shape index (κ1) is 32.4.